The number of ether oxygens (including phenoxy) is 2. The summed E-state index contributed by atoms with van der Waals surface area (Å²) in [5, 5.41) is 2.47. The average Bonchev–Trinajstić information content (AvgIpc) is 2.60. The molecule has 8 heteroatoms. The molecule has 2 atom stereocenters. The van der Waals surface area contributed by atoms with Crippen LogP contribution in [0.3, 0.4) is 0 Å². The molecule has 8 nitrogen and oxygen atoms in total. The molecule has 1 aromatic carbocycles. The third-order valence-electron chi connectivity index (χ3n) is 3.47. The third kappa shape index (κ3) is 5.91. The summed E-state index contributed by atoms with van der Waals surface area (Å²) in [5.74, 6) is -3.04. The Morgan fingerprint density at radius 2 is 1.84 bits per heavy atom. The van der Waals surface area contributed by atoms with Gasteiger partial charge in [0.2, 0.25) is 5.91 Å². The second-order valence-electron chi connectivity index (χ2n) is 5.39. The molecule has 0 aliphatic carbocycles. The molecule has 2 amide bonds. The van der Waals surface area contributed by atoms with Crippen LogP contribution >= 0.6 is 0 Å². The first kappa shape index (κ1) is 20.1. The number of nitrogens with one attached hydrogen (secondary N) is 1. The fourth-order valence-corrected chi connectivity index (χ4v) is 2.13. The van der Waals surface area contributed by atoms with E-state index in [2.05, 4.69) is 10.1 Å². The maximum atomic E-state index is 12.3. The smallest absolute Gasteiger partial charge is 0.337 e. The van der Waals surface area contributed by atoms with Crippen LogP contribution in [-0.4, -0.2) is 43.5 Å². The lowest BCUT2D eigenvalue weighted by molar-refractivity contribution is -0.147. The molecule has 25 heavy (non-hydrogen) atoms. The van der Waals surface area contributed by atoms with Crippen molar-refractivity contribution < 1.29 is 28.7 Å². The number of primary amides is 1. The SMILES string of the molecule is CCOC(=O)[C@@H](C)C[C@@H](NC(=O)c1cccc(C(=O)OC)c1)C(N)=O. The molecule has 1 aromatic rings. The topological polar surface area (TPSA) is 125 Å². The zero-order valence-corrected chi connectivity index (χ0v) is 14.4. The van der Waals surface area contributed by atoms with E-state index in [1.165, 1.54) is 31.4 Å². The lowest BCUT2D eigenvalue weighted by Gasteiger charge is -2.19. The fraction of sp³-hybridized carbons (Fsp3) is 0.412. The summed E-state index contributed by atoms with van der Waals surface area (Å²) in [4.78, 5) is 47.1. The van der Waals surface area contributed by atoms with E-state index in [-0.39, 0.29) is 24.2 Å². The van der Waals surface area contributed by atoms with Gasteiger partial charge >= 0.3 is 11.9 Å². The van der Waals surface area contributed by atoms with Gasteiger partial charge in [0.25, 0.3) is 5.91 Å². The molecular weight excluding hydrogens is 328 g/mol. The van der Waals surface area contributed by atoms with Gasteiger partial charge in [0, 0.05) is 5.56 Å². The maximum absolute atomic E-state index is 12.3. The summed E-state index contributed by atoms with van der Waals surface area (Å²) < 4.78 is 9.47. The van der Waals surface area contributed by atoms with Crippen LogP contribution in [0.2, 0.25) is 0 Å². The van der Waals surface area contributed by atoms with Crippen LogP contribution in [0, 0.1) is 5.92 Å². The van der Waals surface area contributed by atoms with Gasteiger partial charge < -0.3 is 20.5 Å². The fourth-order valence-electron chi connectivity index (χ4n) is 2.13. The highest BCUT2D eigenvalue weighted by Gasteiger charge is 2.25. The van der Waals surface area contributed by atoms with Gasteiger partial charge in [0.1, 0.15) is 6.04 Å². The van der Waals surface area contributed by atoms with Crippen molar-refractivity contribution in [1.29, 1.82) is 0 Å². The van der Waals surface area contributed by atoms with Gasteiger partial charge in [-0.1, -0.05) is 13.0 Å². The molecule has 0 unspecified atom stereocenters. The molecule has 0 fully saturated rings. The van der Waals surface area contributed by atoms with Crippen LogP contribution in [0.15, 0.2) is 24.3 Å². The van der Waals surface area contributed by atoms with E-state index in [1.54, 1.807) is 13.8 Å². The zero-order chi connectivity index (χ0) is 19.0. The van der Waals surface area contributed by atoms with E-state index < -0.39 is 35.7 Å². The Balaban J connectivity index is 2.85. The number of hydrogen-bond acceptors (Lipinski definition) is 6. The summed E-state index contributed by atoms with van der Waals surface area (Å²) in [5.41, 5.74) is 5.67. The Kier molecular flexibility index (Phi) is 7.58. The Labute approximate surface area is 145 Å². The van der Waals surface area contributed by atoms with E-state index >= 15 is 0 Å². The number of carbonyl (C=O) groups excluding carboxylic acids is 4. The van der Waals surface area contributed by atoms with Crippen LogP contribution in [0.4, 0.5) is 0 Å². The van der Waals surface area contributed by atoms with Crippen molar-refractivity contribution in [2.75, 3.05) is 13.7 Å². The van der Waals surface area contributed by atoms with Gasteiger partial charge in [0.05, 0.1) is 25.2 Å². The van der Waals surface area contributed by atoms with Crippen molar-refractivity contribution in [3.05, 3.63) is 35.4 Å². The van der Waals surface area contributed by atoms with Crippen molar-refractivity contribution in [2.45, 2.75) is 26.3 Å². The molecule has 0 aromatic heterocycles. The van der Waals surface area contributed by atoms with Gasteiger partial charge in [0.15, 0.2) is 0 Å². The number of rotatable bonds is 8. The number of esters is 2. The van der Waals surface area contributed by atoms with Crippen molar-refractivity contribution in [2.24, 2.45) is 11.7 Å². The summed E-state index contributed by atoms with van der Waals surface area (Å²) >= 11 is 0. The molecule has 136 valence electrons. The molecule has 1 rings (SSSR count). The number of amides is 2. The summed E-state index contributed by atoms with van der Waals surface area (Å²) in [6.07, 6.45) is 0.0105. The number of benzene rings is 1. The standard InChI is InChI=1S/C17H22N2O6/c1-4-25-16(22)10(2)8-13(14(18)20)19-15(21)11-6-5-7-12(9-11)17(23)24-3/h5-7,9-10,13H,4,8H2,1-3H3,(H2,18,20)(H,19,21)/t10-,13+/m0/s1. The van der Waals surface area contributed by atoms with E-state index in [0.29, 0.717) is 0 Å². The second-order valence-corrected chi connectivity index (χ2v) is 5.39. The first-order chi connectivity index (χ1) is 11.8. The minimum atomic E-state index is -1.05. The van der Waals surface area contributed by atoms with Crippen LogP contribution < -0.4 is 11.1 Å². The highest BCUT2D eigenvalue weighted by molar-refractivity contribution is 5.99. The highest BCUT2D eigenvalue weighted by Crippen LogP contribution is 2.11. The van der Waals surface area contributed by atoms with Gasteiger partial charge in [-0.2, -0.15) is 0 Å². The average molecular weight is 350 g/mol. The molecular formula is C17H22N2O6. The number of nitrogens with two attached hydrogens (primary N) is 1. The van der Waals surface area contributed by atoms with E-state index in [1.807, 2.05) is 0 Å². The predicted octanol–water partition coefficient (Wildman–Crippen LogP) is 0.646. The van der Waals surface area contributed by atoms with Crippen LogP contribution in [-0.2, 0) is 19.1 Å². The molecule has 0 aliphatic rings. The highest BCUT2D eigenvalue weighted by atomic mass is 16.5. The maximum Gasteiger partial charge on any atom is 0.337 e. The van der Waals surface area contributed by atoms with Crippen molar-refractivity contribution in [1.82, 2.24) is 5.32 Å². The molecule has 0 radical (unpaired) electrons. The Hall–Kier alpha value is -2.90. The quantitative estimate of drug-likeness (QED) is 0.663. The van der Waals surface area contributed by atoms with E-state index in [4.69, 9.17) is 10.5 Å². The van der Waals surface area contributed by atoms with Crippen LogP contribution in [0.1, 0.15) is 41.0 Å². The van der Waals surface area contributed by atoms with E-state index in [9.17, 15) is 19.2 Å². The van der Waals surface area contributed by atoms with E-state index in [0.717, 1.165) is 0 Å². The van der Waals surface area contributed by atoms with Gasteiger partial charge in [-0.25, -0.2) is 4.79 Å². The Morgan fingerprint density at radius 1 is 1.20 bits per heavy atom. The molecule has 0 saturated carbocycles. The van der Waals surface area contributed by atoms with Crippen molar-refractivity contribution in [3.8, 4) is 0 Å². The predicted molar refractivity (Wildman–Crippen MR) is 88.6 cm³/mol. The number of methoxy groups -OCH3 is 1. The van der Waals surface area contributed by atoms with Crippen LogP contribution in [0.5, 0.6) is 0 Å². The minimum Gasteiger partial charge on any atom is -0.466 e. The largest absolute Gasteiger partial charge is 0.466 e. The lowest BCUT2D eigenvalue weighted by atomic mass is 10.0. The zero-order valence-electron chi connectivity index (χ0n) is 14.4. The lowest BCUT2D eigenvalue weighted by Crippen LogP contribution is -2.46. The number of carbonyl (C=O) groups is 4. The summed E-state index contributed by atoms with van der Waals surface area (Å²) in [7, 11) is 1.23. The molecule has 0 saturated heterocycles. The first-order valence-corrected chi connectivity index (χ1v) is 7.75. The van der Waals surface area contributed by atoms with Gasteiger partial charge in [-0.3, -0.25) is 14.4 Å². The van der Waals surface area contributed by atoms with Gasteiger partial charge in [-0.05, 0) is 31.5 Å². The summed E-state index contributed by atoms with van der Waals surface area (Å²) in [6, 6.07) is 4.79. The molecule has 0 aliphatic heterocycles. The molecule has 3 N–H and O–H groups in total. The molecule has 0 heterocycles. The monoisotopic (exact) mass is 350 g/mol. The third-order valence-corrected chi connectivity index (χ3v) is 3.47. The van der Waals surface area contributed by atoms with Crippen LogP contribution in [0.25, 0.3) is 0 Å². The minimum absolute atomic E-state index is 0.0105. The first-order valence-electron chi connectivity index (χ1n) is 7.75. The van der Waals surface area contributed by atoms with Crippen molar-refractivity contribution >= 4 is 23.8 Å². The Morgan fingerprint density at radius 3 is 2.40 bits per heavy atom. The van der Waals surface area contributed by atoms with Gasteiger partial charge in [-0.15, -0.1) is 0 Å². The molecule has 0 spiro atoms. The summed E-state index contributed by atoms with van der Waals surface area (Å²) in [6.45, 7) is 3.47. The second kappa shape index (κ2) is 9.41. The normalized spacial score (nSPS) is 12.6. The molecule has 0 bridgehead atoms. The van der Waals surface area contributed by atoms with Crippen molar-refractivity contribution in [3.63, 3.8) is 0 Å². The number of hydrogen-bond donors (Lipinski definition) is 2. The Bertz CT molecular complexity index is 658.